The predicted molar refractivity (Wildman–Crippen MR) is 122 cm³/mol. The molecule has 7 nitrogen and oxygen atoms in total. The van der Waals surface area contributed by atoms with Gasteiger partial charge in [-0.05, 0) is 57.2 Å². The molecule has 0 spiro atoms. The fraction of sp³-hybridized carbons (Fsp3) is 0.522. The van der Waals surface area contributed by atoms with Gasteiger partial charge in [-0.2, -0.15) is 0 Å². The molecule has 2 aliphatic rings. The van der Waals surface area contributed by atoms with Gasteiger partial charge in [0, 0.05) is 47.5 Å². The molecule has 0 unspecified atom stereocenters. The Balaban J connectivity index is 1.51. The van der Waals surface area contributed by atoms with Gasteiger partial charge in [0.15, 0.2) is 0 Å². The van der Waals surface area contributed by atoms with Crippen LogP contribution in [0.5, 0.6) is 0 Å². The average molecular weight is 409 g/mol. The molecule has 0 radical (unpaired) electrons. The zero-order valence-electron chi connectivity index (χ0n) is 17.9. The van der Waals surface area contributed by atoms with Crippen molar-refractivity contribution in [3.8, 4) is 0 Å². The number of allylic oxidation sites excluding steroid dienone is 2. The number of benzene rings is 1. The molecular weight excluding hydrogens is 376 g/mol. The minimum atomic E-state index is 0.416. The number of hydrogen-bond donors (Lipinski definition) is 3. The van der Waals surface area contributed by atoms with E-state index in [4.69, 9.17) is 15.9 Å². The first-order valence-electron chi connectivity index (χ1n) is 10.9. The Labute approximate surface area is 178 Å². The van der Waals surface area contributed by atoms with E-state index in [0.29, 0.717) is 23.5 Å². The van der Waals surface area contributed by atoms with Crippen LogP contribution in [0.15, 0.2) is 30.2 Å². The number of aromatic nitrogens is 2. The fourth-order valence-corrected chi connectivity index (χ4v) is 4.79. The van der Waals surface area contributed by atoms with E-state index in [1.807, 2.05) is 19.1 Å². The summed E-state index contributed by atoms with van der Waals surface area (Å²) in [6.45, 7) is 7.45. The minimum absolute atomic E-state index is 0.416. The highest BCUT2D eigenvalue weighted by atomic mass is 16.5. The molecule has 1 saturated carbocycles. The summed E-state index contributed by atoms with van der Waals surface area (Å²) < 4.78 is 5.49. The third-order valence-electron chi connectivity index (χ3n) is 6.29. The van der Waals surface area contributed by atoms with E-state index in [0.717, 1.165) is 67.0 Å². The molecule has 7 heteroatoms. The van der Waals surface area contributed by atoms with Crippen molar-refractivity contribution in [2.24, 2.45) is 5.73 Å². The first-order chi connectivity index (χ1) is 14.5. The normalized spacial score (nSPS) is 23.8. The third-order valence-corrected chi connectivity index (χ3v) is 6.29. The van der Waals surface area contributed by atoms with Gasteiger partial charge in [0.1, 0.15) is 12.1 Å². The molecule has 0 bridgehead atoms. The van der Waals surface area contributed by atoms with Gasteiger partial charge in [0.2, 0.25) is 0 Å². The van der Waals surface area contributed by atoms with E-state index in [2.05, 4.69) is 26.3 Å². The van der Waals surface area contributed by atoms with Crippen LogP contribution >= 0.6 is 0 Å². The van der Waals surface area contributed by atoms with Crippen LogP contribution in [0.1, 0.15) is 45.1 Å². The average Bonchev–Trinajstić information content (AvgIpc) is 2.75. The topological polar surface area (TPSA) is 100 Å². The summed E-state index contributed by atoms with van der Waals surface area (Å²) in [7, 11) is 0. The highest BCUT2D eigenvalue weighted by molar-refractivity contribution is 6.22. The molecule has 2 fully saturated rings. The summed E-state index contributed by atoms with van der Waals surface area (Å²) in [5.74, 6) is 0.869. The van der Waals surface area contributed by atoms with Crippen LogP contribution in [0.4, 0.5) is 5.82 Å². The number of morpholine rings is 1. The maximum atomic E-state index is 8.09. The molecule has 1 aliphatic carbocycles. The summed E-state index contributed by atoms with van der Waals surface area (Å²) in [4.78, 5) is 11.6. The highest BCUT2D eigenvalue weighted by Crippen LogP contribution is 2.30. The molecule has 2 heterocycles. The highest BCUT2D eigenvalue weighted by Gasteiger charge is 2.27. The van der Waals surface area contributed by atoms with E-state index in [1.165, 1.54) is 12.8 Å². The third kappa shape index (κ3) is 4.47. The summed E-state index contributed by atoms with van der Waals surface area (Å²) in [5, 5.41) is 12.7. The van der Waals surface area contributed by atoms with E-state index in [-0.39, 0.29) is 0 Å². The Morgan fingerprint density at radius 2 is 1.87 bits per heavy atom. The zero-order chi connectivity index (χ0) is 21.1. The Hall–Kier alpha value is -2.51. The number of fused-ring (bicyclic) bond motifs is 1. The monoisotopic (exact) mass is 408 g/mol. The SMILES string of the molecule is CC(=N)C(=C(C)N)c1ccc2ncnc(NC3CCC(N4CCOCC4)CC3)c2c1. The quantitative estimate of drug-likeness (QED) is 0.656. The maximum Gasteiger partial charge on any atom is 0.137 e. The molecule has 30 heavy (non-hydrogen) atoms. The van der Waals surface area contributed by atoms with Crippen molar-refractivity contribution >= 4 is 28.0 Å². The Bertz CT molecular complexity index is 938. The molecule has 1 aromatic heterocycles. The molecule has 4 rings (SSSR count). The largest absolute Gasteiger partial charge is 0.402 e. The van der Waals surface area contributed by atoms with Crippen molar-refractivity contribution < 1.29 is 4.74 Å². The number of hydrogen-bond acceptors (Lipinski definition) is 7. The first-order valence-corrected chi connectivity index (χ1v) is 10.9. The number of ether oxygens (including phenoxy) is 1. The predicted octanol–water partition coefficient (Wildman–Crippen LogP) is 3.41. The second kappa shape index (κ2) is 9.10. The van der Waals surface area contributed by atoms with E-state index in [1.54, 1.807) is 13.3 Å². The summed E-state index contributed by atoms with van der Waals surface area (Å²) in [6.07, 6.45) is 6.31. The lowest BCUT2D eigenvalue weighted by Gasteiger charge is -2.39. The second-order valence-electron chi connectivity index (χ2n) is 8.44. The molecule has 2 aromatic rings. The van der Waals surface area contributed by atoms with Crippen molar-refractivity contribution in [1.29, 1.82) is 5.41 Å². The molecule has 160 valence electrons. The number of nitrogens with two attached hydrogens (primary N) is 1. The molecule has 4 N–H and O–H groups in total. The van der Waals surface area contributed by atoms with E-state index >= 15 is 0 Å². The van der Waals surface area contributed by atoms with Crippen molar-refractivity contribution in [1.82, 2.24) is 14.9 Å². The molecule has 0 atom stereocenters. The lowest BCUT2D eigenvalue weighted by molar-refractivity contribution is 0.00791. The number of anilines is 1. The Morgan fingerprint density at radius 3 is 2.53 bits per heavy atom. The van der Waals surface area contributed by atoms with E-state index in [9.17, 15) is 0 Å². The molecule has 1 aromatic carbocycles. The van der Waals surface area contributed by atoms with Crippen molar-refractivity contribution in [2.75, 3.05) is 31.6 Å². The van der Waals surface area contributed by atoms with Crippen LogP contribution in [0, 0.1) is 5.41 Å². The van der Waals surface area contributed by atoms with Gasteiger partial charge in [-0.1, -0.05) is 6.07 Å². The van der Waals surface area contributed by atoms with Gasteiger partial charge in [0.05, 0.1) is 18.7 Å². The first kappa shape index (κ1) is 20.8. The molecule has 1 aliphatic heterocycles. The summed E-state index contributed by atoms with van der Waals surface area (Å²) >= 11 is 0. The maximum absolute atomic E-state index is 8.09. The molecule has 0 amide bonds. The number of nitrogens with one attached hydrogen (secondary N) is 2. The lowest BCUT2D eigenvalue weighted by Crippen LogP contribution is -2.46. The van der Waals surface area contributed by atoms with E-state index < -0.39 is 0 Å². The number of rotatable bonds is 5. The lowest BCUT2D eigenvalue weighted by atomic mass is 9.90. The smallest absolute Gasteiger partial charge is 0.137 e. The standard InChI is InChI=1S/C23H32N6O/c1-15(24)22(16(2)25)17-3-8-21-20(13-17)23(27-14-26-21)28-18-4-6-19(7-5-18)29-9-11-30-12-10-29/h3,8,13-14,18-19,24H,4-7,9-12,25H2,1-2H3,(H,26,27,28). The Morgan fingerprint density at radius 1 is 1.13 bits per heavy atom. The van der Waals surface area contributed by atoms with Crippen LogP contribution in [0.25, 0.3) is 16.5 Å². The summed E-state index contributed by atoms with van der Waals surface area (Å²) in [5.41, 5.74) is 9.77. The molecule has 1 saturated heterocycles. The van der Waals surface area contributed by atoms with Gasteiger partial charge < -0.3 is 21.2 Å². The van der Waals surface area contributed by atoms with Crippen LogP contribution in [-0.2, 0) is 4.74 Å². The van der Waals surface area contributed by atoms with Gasteiger partial charge in [-0.3, -0.25) is 4.90 Å². The van der Waals surface area contributed by atoms with Gasteiger partial charge in [-0.25, -0.2) is 9.97 Å². The van der Waals surface area contributed by atoms with Crippen LogP contribution in [-0.4, -0.2) is 59.0 Å². The van der Waals surface area contributed by atoms with Crippen molar-refractivity contribution in [3.63, 3.8) is 0 Å². The number of nitrogens with zero attached hydrogens (tertiary/aromatic N) is 3. The summed E-state index contributed by atoms with van der Waals surface area (Å²) in [6, 6.07) is 7.12. The fourth-order valence-electron chi connectivity index (χ4n) is 4.79. The van der Waals surface area contributed by atoms with Gasteiger partial charge in [0.25, 0.3) is 0 Å². The van der Waals surface area contributed by atoms with Crippen LogP contribution < -0.4 is 11.1 Å². The van der Waals surface area contributed by atoms with Crippen molar-refractivity contribution in [2.45, 2.75) is 51.6 Å². The van der Waals surface area contributed by atoms with Crippen molar-refractivity contribution in [3.05, 3.63) is 35.8 Å². The van der Waals surface area contributed by atoms with Gasteiger partial charge >= 0.3 is 0 Å². The zero-order valence-corrected chi connectivity index (χ0v) is 17.9. The minimum Gasteiger partial charge on any atom is -0.402 e. The van der Waals surface area contributed by atoms with Crippen LogP contribution in [0.3, 0.4) is 0 Å². The second-order valence-corrected chi connectivity index (χ2v) is 8.44. The molecular formula is C23H32N6O. The Kier molecular flexibility index (Phi) is 6.29. The van der Waals surface area contributed by atoms with Crippen LogP contribution in [0.2, 0.25) is 0 Å². The van der Waals surface area contributed by atoms with Gasteiger partial charge in [-0.15, -0.1) is 0 Å².